The van der Waals surface area contributed by atoms with Gasteiger partial charge in [-0.15, -0.1) is 0 Å². The zero-order valence-electron chi connectivity index (χ0n) is 15.7. The molecule has 0 aliphatic carbocycles. The molecule has 0 aromatic heterocycles. The van der Waals surface area contributed by atoms with Crippen LogP contribution in [0.15, 0.2) is 105 Å². The van der Waals surface area contributed by atoms with E-state index < -0.39 is 0 Å². The summed E-state index contributed by atoms with van der Waals surface area (Å²) in [6.07, 6.45) is 3.90. The molecule has 0 heterocycles. The molecule has 0 amide bonds. The topological polar surface area (TPSA) is 24.7 Å². The van der Waals surface area contributed by atoms with Gasteiger partial charge in [-0.05, 0) is 42.1 Å². The highest BCUT2D eigenvalue weighted by molar-refractivity contribution is 9.10. The van der Waals surface area contributed by atoms with E-state index in [1.54, 1.807) is 0 Å². The van der Waals surface area contributed by atoms with Gasteiger partial charge in [0.05, 0.1) is 12.2 Å². The van der Waals surface area contributed by atoms with E-state index in [0.29, 0.717) is 6.54 Å². The van der Waals surface area contributed by atoms with Gasteiger partial charge in [-0.1, -0.05) is 88.7 Å². The Morgan fingerprint density at radius 2 is 1.46 bits per heavy atom. The minimum Gasteiger partial charge on any atom is -0.288 e. The van der Waals surface area contributed by atoms with E-state index in [-0.39, 0.29) is 0 Å². The predicted molar refractivity (Wildman–Crippen MR) is 124 cm³/mol. The molecule has 0 fully saturated rings. The highest BCUT2D eigenvalue weighted by atomic mass is 79.9. The van der Waals surface area contributed by atoms with Crippen LogP contribution < -0.4 is 0 Å². The molecule has 0 radical (unpaired) electrons. The summed E-state index contributed by atoms with van der Waals surface area (Å²) in [5, 5.41) is 0. The third-order valence-electron chi connectivity index (χ3n) is 4.12. The normalized spacial score (nSPS) is 11.3. The SMILES string of the molecule is CC(=C=N/C(=C\CN=Cc1ccc(Br)cc1)c1ccccc1)c1ccccc1. The van der Waals surface area contributed by atoms with Gasteiger partial charge in [0.25, 0.3) is 0 Å². The van der Waals surface area contributed by atoms with Crippen LogP contribution in [0.25, 0.3) is 11.3 Å². The van der Waals surface area contributed by atoms with E-state index in [0.717, 1.165) is 32.4 Å². The lowest BCUT2D eigenvalue weighted by atomic mass is 10.1. The van der Waals surface area contributed by atoms with Crippen LogP contribution in [0.4, 0.5) is 0 Å². The van der Waals surface area contributed by atoms with Crippen LogP contribution in [0.1, 0.15) is 23.6 Å². The van der Waals surface area contributed by atoms with Gasteiger partial charge in [-0.25, -0.2) is 4.99 Å². The van der Waals surface area contributed by atoms with E-state index in [4.69, 9.17) is 0 Å². The number of halogens is 1. The molecule has 0 spiro atoms. The van der Waals surface area contributed by atoms with E-state index in [1.165, 1.54) is 0 Å². The van der Waals surface area contributed by atoms with Crippen molar-refractivity contribution < 1.29 is 0 Å². The number of rotatable bonds is 6. The van der Waals surface area contributed by atoms with Crippen LogP contribution in [-0.4, -0.2) is 18.6 Å². The average Bonchev–Trinajstić information content (AvgIpc) is 2.75. The van der Waals surface area contributed by atoms with Gasteiger partial charge in [0.2, 0.25) is 0 Å². The summed E-state index contributed by atoms with van der Waals surface area (Å²) in [5.41, 5.74) is 5.10. The van der Waals surface area contributed by atoms with Crippen LogP contribution in [0.3, 0.4) is 0 Å². The van der Waals surface area contributed by atoms with E-state index >= 15 is 0 Å². The maximum absolute atomic E-state index is 4.62. The van der Waals surface area contributed by atoms with Crippen LogP contribution in [0, 0.1) is 0 Å². The first-order chi connectivity index (χ1) is 13.7. The van der Waals surface area contributed by atoms with Crippen LogP contribution >= 0.6 is 15.9 Å². The van der Waals surface area contributed by atoms with Crippen LogP contribution in [0.2, 0.25) is 0 Å². The molecule has 0 saturated carbocycles. The highest BCUT2D eigenvalue weighted by Gasteiger charge is 1.98. The largest absolute Gasteiger partial charge is 0.288 e. The first kappa shape index (κ1) is 19.8. The van der Waals surface area contributed by atoms with Gasteiger partial charge in [-0.2, -0.15) is 0 Å². The summed E-state index contributed by atoms with van der Waals surface area (Å²) in [4.78, 5) is 9.13. The molecule has 0 unspecified atom stereocenters. The molecule has 2 nitrogen and oxygen atoms in total. The lowest BCUT2D eigenvalue weighted by Crippen LogP contribution is -1.86. The summed E-state index contributed by atoms with van der Waals surface area (Å²) in [6, 6.07) is 28.4. The summed E-state index contributed by atoms with van der Waals surface area (Å²) < 4.78 is 1.06. The lowest BCUT2D eigenvalue weighted by Gasteiger charge is -2.01. The van der Waals surface area contributed by atoms with Crippen molar-refractivity contribution in [3.05, 3.63) is 112 Å². The van der Waals surface area contributed by atoms with Crippen LogP contribution in [0.5, 0.6) is 0 Å². The van der Waals surface area contributed by atoms with Crippen molar-refractivity contribution in [2.24, 2.45) is 9.98 Å². The zero-order valence-corrected chi connectivity index (χ0v) is 17.3. The predicted octanol–water partition coefficient (Wildman–Crippen LogP) is 6.68. The van der Waals surface area contributed by atoms with E-state index in [2.05, 4.69) is 43.9 Å². The standard InChI is InChI=1S/C25H21BrN2/c1-20(22-8-4-2-5-9-22)18-28-25(23-10-6-3-7-11-23)16-17-27-19-21-12-14-24(26)15-13-21/h2-16,19H,17H2,1H3/b25-16-,27-19?. The zero-order chi connectivity index (χ0) is 19.6. The van der Waals surface area contributed by atoms with Crippen molar-refractivity contribution in [2.45, 2.75) is 6.92 Å². The molecule has 3 aromatic rings. The Bertz CT molecular complexity index is 1010. The van der Waals surface area contributed by atoms with Gasteiger partial charge in [-0.3, -0.25) is 4.99 Å². The monoisotopic (exact) mass is 428 g/mol. The third-order valence-corrected chi connectivity index (χ3v) is 4.65. The Hall–Kier alpha value is -3.00. The van der Waals surface area contributed by atoms with Gasteiger partial charge in [0, 0.05) is 21.8 Å². The summed E-state index contributed by atoms with van der Waals surface area (Å²) >= 11 is 3.44. The first-order valence-corrected chi connectivity index (χ1v) is 9.88. The Morgan fingerprint density at radius 3 is 2.11 bits per heavy atom. The molecule has 0 N–H and O–H groups in total. The maximum atomic E-state index is 4.62. The van der Waals surface area contributed by atoms with Crippen molar-refractivity contribution in [1.29, 1.82) is 0 Å². The van der Waals surface area contributed by atoms with Gasteiger partial charge in [0.15, 0.2) is 0 Å². The van der Waals surface area contributed by atoms with Crippen molar-refractivity contribution in [3.63, 3.8) is 0 Å². The molecular formula is C25H21BrN2. The van der Waals surface area contributed by atoms with Crippen LogP contribution in [-0.2, 0) is 0 Å². The number of hydrogen-bond donors (Lipinski definition) is 0. The Labute approximate surface area is 174 Å². The molecule has 3 aromatic carbocycles. The van der Waals surface area contributed by atoms with Crippen molar-refractivity contribution in [1.82, 2.24) is 0 Å². The van der Waals surface area contributed by atoms with E-state index in [9.17, 15) is 0 Å². The molecule has 0 bridgehead atoms. The third kappa shape index (κ3) is 6.02. The molecular weight excluding hydrogens is 408 g/mol. The average molecular weight is 429 g/mol. The quantitative estimate of drug-likeness (QED) is 0.391. The fourth-order valence-electron chi connectivity index (χ4n) is 2.58. The number of aliphatic imine (C=N–C) groups is 2. The van der Waals surface area contributed by atoms with Gasteiger partial charge in [0.1, 0.15) is 0 Å². The summed E-state index contributed by atoms with van der Waals surface area (Å²) in [7, 11) is 0. The first-order valence-electron chi connectivity index (χ1n) is 9.09. The lowest BCUT2D eigenvalue weighted by molar-refractivity contribution is 1.25. The molecule has 0 aliphatic rings. The highest BCUT2D eigenvalue weighted by Crippen LogP contribution is 2.16. The number of allylic oxidation sites excluding steroid dienone is 1. The van der Waals surface area contributed by atoms with Crippen molar-refractivity contribution >= 4 is 39.3 Å². The van der Waals surface area contributed by atoms with Crippen molar-refractivity contribution in [2.75, 3.05) is 6.54 Å². The molecule has 0 aliphatic heterocycles. The Balaban J connectivity index is 1.82. The fraction of sp³-hybridized carbons (Fsp3) is 0.0800. The number of nitrogens with zero attached hydrogens (tertiary/aromatic N) is 2. The van der Waals surface area contributed by atoms with Gasteiger partial charge >= 0.3 is 0 Å². The molecule has 0 saturated heterocycles. The second-order valence-electron chi connectivity index (χ2n) is 6.22. The minimum atomic E-state index is 0.551. The smallest absolute Gasteiger partial charge is 0.0780 e. The second kappa shape index (κ2) is 10.4. The number of benzene rings is 3. The summed E-state index contributed by atoms with van der Waals surface area (Å²) in [6.45, 7) is 2.57. The fourth-order valence-corrected chi connectivity index (χ4v) is 2.84. The van der Waals surface area contributed by atoms with Crippen molar-refractivity contribution in [3.8, 4) is 0 Å². The number of hydrogen-bond acceptors (Lipinski definition) is 2. The molecule has 3 rings (SSSR count). The minimum absolute atomic E-state index is 0.551. The second-order valence-corrected chi connectivity index (χ2v) is 7.13. The Kier molecular flexibility index (Phi) is 7.31. The molecule has 138 valence electrons. The van der Waals surface area contributed by atoms with E-state index in [1.807, 2.05) is 92.0 Å². The molecule has 3 heteroatoms. The maximum Gasteiger partial charge on any atom is 0.0780 e. The van der Waals surface area contributed by atoms with Gasteiger partial charge < -0.3 is 0 Å². The summed E-state index contributed by atoms with van der Waals surface area (Å²) in [5.74, 6) is 3.18. The Morgan fingerprint density at radius 1 is 0.857 bits per heavy atom. The molecule has 28 heavy (non-hydrogen) atoms. The molecule has 0 atom stereocenters.